The van der Waals surface area contributed by atoms with Crippen LogP contribution in [0.15, 0.2) is 42.5 Å². The van der Waals surface area contributed by atoms with E-state index in [0.29, 0.717) is 30.0 Å². The van der Waals surface area contributed by atoms with E-state index in [-0.39, 0.29) is 30.8 Å². The Morgan fingerprint density at radius 1 is 0.868 bits per heavy atom. The summed E-state index contributed by atoms with van der Waals surface area (Å²) in [6.07, 6.45) is 9.32. The number of carbonyl (C=O) groups is 2. The van der Waals surface area contributed by atoms with Gasteiger partial charge in [-0.05, 0) is 68.9 Å². The highest BCUT2D eigenvalue weighted by atomic mass is 16.7. The third-order valence-corrected chi connectivity index (χ3v) is 8.07. The first-order valence-electron chi connectivity index (χ1n) is 14.4. The molecule has 0 radical (unpaired) electrons. The molecule has 2 aromatic rings. The Kier molecular flexibility index (Phi) is 8.72. The largest absolute Gasteiger partial charge is 0.487 e. The van der Waals surface area contributed by atoms with Gasteiger partial charge >= 0.3 is 0 Å². The number of hydrogen-bond acceptors (Lipinski definition) is 5. The summed E-state index contributed by atoms with van der Waals surface area (Å²) in [5.41, 5.74) is 1.55. The molecule has 1 saturated carbocycles. The van der Waals surface area contributed by atoms with Crippen molar-refractivity contribution in [3.63, 3.8) is 0 Å². The fraction of sp³-hybridized carbons (Fsp3) is 0.548. The number of carbonyl (C=O) groups excluding carboxylic acids is 2. The second-order valence-corrected chi connectivity index (χ2v) is 10.6. The Morgan fingerprint density at radius 2 is 1.63 bits per heavy atom. The van der Waals surface area contributed by atoms with Gasteiger partial charge in [0.05, 0.1) is 18.0 Å². The molecular weight excluding hydrogens is 480 g/mol. The minimum absolute atomic E-state index is 0.0131. The highest BCUT2D eigenvalue weighted by Crippen LogP contribution is 2.34. The van der Waals surface area contributed by atoms with E-state index in [2.05, 4.69) is 4.90 Å². The molecule has 0 aromatic heterocycles. The van der Waals surface area contributed by atoms with Crippen LogP contribution in [-0.4, -0.2) is 60.2 Å². The molecule has 0 spiro atoms. The van der Waals surface area contributed by atoms with Gasteiger partial charge in [0.1, 0.15) is 11.9 Å². The summed E-state index contributed by atoms with van der Waals surface area (Å²) in [5, 5.41) is 0. The van der Waals surface area contributed by atoms with Crippen molar-refractivity contribution >= 4 is 11.8 Å². The minimum Gasteiger partial charge on any atom is -0.487 e. The summed E-state index contributed by atoms with van der Waals surface area (Å²) < 4.78 is 17.6. The molecule has 0 N–H and O–H groups in total. The number of nitrogens with zero attached hydrogens (tertiary/aromatic N) is 2. The molecule has 2 atom stereocenters. The van der Waals surface area contributed by atoms with Crippen LogP contribution in [0.25, 0.3) is 0 Å². The fourth-order valence-electron chi connectivity index (χ4n) is 5.97. The quantitative estimate of drug-likeness (QED) is 0.527. The highest BCUT2D eigenvalue weighted by Gasteiger charge is 2.35. The Hall–Kier alpha value is -3.22. The molecular formula is C31H40N2O5. The van der Waals surface area contributed by atoms with Gasteiger partial charge in [0.2, 0.25) is 12.7 Å². The molecule has 1 fully saturated rings. The third-order valence-electron chi connectivity index (χ3n) is 8.07. The first-order valence-corrected chi connectivity index (χ1v) is 14.4. The van der Waals surface area contributed by atoms with Crippen LogP contribution in [0.1, 0.15) is 80.6 Å². The topological polar surface area (TPSA) is 68.3 Å². The standard InChI is InChI=1S/C31H40N2O5/c1-2-32-18-10-4-3-5-11-19-33(30(34)21-23-16-17-28-29(20-23)37-22-36-28)25-13-7-9-15-27(25)38-26-14-8-6-12-24(26)31(32)35/h6,8,12,14,16-17,20,25,27H,2-5,7,9-11,13,15,18-19,21-22H2,1H3/t25-,27+/m1/s1. The van der Waals surface area contributed by atoms with Crippen molar-refractivity contribution in [2.45, 2.75) is 83.3 Å². The molecule has 3 aliphatic rings. The molecule has 2 aromatic carbocycles. The molecule has 0 unspecified atom stereocenters. The van der Waals surface area contributed by atoms with Crippen LogP contribution < -0.4 is 14.2 Å². The Labute approximate surface area is 226 Å². The number of rotatable bonds is 3. The lowest BCUT2D eigenvalue weighted by molar-refractivity contribution is -0.136. The van der Waals surface area contributed by atoms with Crippen molar-refractivity contribution < 1.29 is 23.8 Å². The van der Waals surface area contributed by atoms with Crippen LogP contribution >= 0.6 is 0 Å². The van der Waals surface area contributed by atoms with Gasteiger partial charge in [0.15, 0.2) is 11.5 Å². The van der Waals surface area contributed by atoms with Gasteiger partial charge in [-0.1, -0.05) is 43.9 Å². The van der Waals surface area contributed by atoms with Crippen LogP contribution in [0.3, 0.4) is 0 Å². The lowest BCUT2D eigenvalue weighted by atomic mass is 9.90. The monoisotopic (exact) mass is 520 g/mol. The van der Waals surface area contributed by atoms with Gasteiger partial charge in [-0.3, -0.25) is 9.59 Å². The van der Waals surface area contributed by atoms with E-state index in [0.717, 1.165) is 82.2 Å². The zero-order valence-electron chi connectivity index (χ0n) is 22.5. The van der Waals surface area contributed by atoms with Gasteiger partial charge < -0.3 is 24.0 Å². The maximum atomic E-state index is 13.8. The van der Waals surface area contributed by atoms with Crippen molar-refractivity contribution in [1.29, 1.82) is 0 Å². The number of ether oxygens (including phenoxy) is 3. The number of amides is 2. The predicted octanol–water partition coefficient (Wildman–Crippen LogP) is 5.60. The average molecular weight is 521 g/mol. The van der Waals surface area contributed by atoms with E-state index in [1.165, 1.54) is 0 Å². The SMILES string of the molecule is CCN1CCCCCCCN(C(=O)Cc2ccc3c(c2)OCO3)[C@@H]2CCCC[C@@H]2Oc2ccccc2C1=O. The highest BCUT2D eigenvalue weighted by molar-refractivity contribution is 5.97. The van der Waals surface area contributed by atoms with Crippen LogP contribution in [-0.2, 0) is 11.2 Å². The number of benzene rings is 2. The van der Waals surface area contributed by atoms with Crippen molar-refractivity contribution in [2.75, 3.05) is 26.4 Å². The Bertz CT molecular complexity index is 1120. The molecule has 204 valence electrons. The summed E-state index contributed by atoms with van der Waals surface area (Å²) in [6.45, 7) is 4.43. The zero-order valence-corrected chi connectivity index (χ0v) is 22.5. The molecule has 2 aliphatic heterocycles. The Morgan fingerprint density at radius 3 is 2.50 bits per heavy atom. The lowest BCUT2D eigenvalue weighted by Gasteiger charge is -2.40. The molecule has 1 aliphatic carbocycles. The van der Waals surface area contributed by atoms with Crippen molar-refractivity contribution in [3.05, 3.63) is 53.6 Å². The van der Waals surface area contributed by atoms with Crippen LogP contribution in [0.4, 0.5) is 0 Å². The summed E-state index contributed by atoms with van der Waals surface area (Å²) in [6, 6.07) is 13.4. The van der Waals surface area contributed by atoms with E-state index in [1.54, 1.807) is 0 Å². The van der Waals surface area contributed by atoms with Crippen molar-refractivity contribution in [1.82, 2.24) is 9.80 Å². The van der Waals surface area contributed by atoms with E-state index in [9.17, 15) is 9.59 Å². The van der Waals surface area contributed by atoms with Crippen LogP contribution in [0, 0.1) is 0 Å². The van der Waals surface area contributed by atoms with E-state index in [1.807, 2.05) is 54.3 Å². The average Bonchev–Trinajstić information content (AvgIpc) is 3.40. The maximum Gasteiger partial charge on any atom is 0.257 e. The lowest BCUT2D eigenvalue weighted by Crippen LogP contribution is -2.51. The molecule has 38 heavy (non-hydrogen) atoms. The van der Waals surface area contributed by atoms with Crippen molar-refractivity contribution in [2.24, 2.45) is 0 Å². The van der Waals surface area contributed by atoms with E-state index in [4.69, 9.17) is 14.2 Å². The summed E-state index contributed by atoms with van der Waals surface area (Å²) in [5.74, 6) is 2.21. The van der Waals surface area contributed by atoms with E-state index < -0.39 is 0 Å². The summed E-state index contributed by atoms with van der Waals surface area (Å²) in [7, 11) is 0. The number of para-hydroxylation sites is 1. The van der Waals surface area contributed by atoms with Gasteiger partial charge in [0, 0.05) is 19.6 Å². The van der Waals surface area contributed by atoms with Crippen molar-refractivity contribution in [3.8, 4) is 17.2 Å². The number of hydrogen-bond donors (Lipinski definition) is 0. The summed E-state index contributed by atoms with van der Waals surface area (Å²) >= 11 is 0. The van der Waals surface area contributed by atoms with Gasteiger partial charge in [-0.15, -0.1) is 0 Å². The minimum atomic E-state index is -0.140. The van der Waals surface area contributed by atoms with Crippen LogP contribution in [0.5, 0.6) is 17.2 Å². The molecule has 7 nitrogen and oxygen atoms in total. The van der Waals surface area contributed by atoms with E-state index >= 15 is 0 Å². The molecule has 0 bridgehead atoms. The second-order valence-electron chi connectivity index (χ2n) is 10.6. The van der Waals surface area contributed by atoms with Crippen LogP contribution in [0.2, 0.25) is 0 Å². The molecule has 7 heteroatoms. The normalized spacial score (nSPS) is 22.5. The first kappa shape index (κ1) is 26.4. The maximum absolute atomic E-state index is 13.8. The van der Waals surface area contributed by atoms with Gasteiger partial charge in [-0.2, -0.15) is 0 Å². The second kappa shape index (κ2) is 12.5. The predicted molar refractivity (Wildman–Crippen MR) is 146 cm³/mol. The molecule has 2 heterocycles. The summed E-state index contributed by atoms with van der Waals surface area (Å²) in [4.78, 5) is 31.3. The zero-order chi connectivity index (χ0) is 26.3. The molecule has 5 rings (SSSR count). The van der Waals surface area contributed by atoms with Gasteiger partial charge in [0.25, 0.3) is 5.91 Å². The smallest absolute Gasteiger partial charge is 0.257 e. The third kappa shape index (κ3) is 6.08. The molecule has 2 amide bonds. The number of fused-ring (bicyclic) bond motifs is 3. The van der Waals surface area contributed by atoms with Gasteiger partial charge in [-0.25, -0.2) is 0 Å². The first-order chi connectivity index (χ1) is 18.6. The molecule has 0 saturated heterocycles. The fourth-order valence-corrected chi connectivity index (χ4v) is 5.97. The Balaban J connectivity index is 1.41.